The van der Waals surface area contributed by atoms with Gasteiger partial charge in [-0.3, -0.25) is 4.79 Å². The molecular formula is C25H40N4O2. The molecular weight excluding hydrogens is 388 g/mol. The van der Waals surface area contributed by atoms with Crippen LogP contribution in [0.15, 0.2) is 0 Å². The SMILES string of the molecule is CC[C@]12CC[C@@](C)(O)C[C@H]1CC[C@H]1[C@@H]3CC[C@H](C(=O)Cn4nnc(C)n4)[C@@]3(C)CC[C@@H]12. The molecule has 0 spiro atoms. The maximum Gasteiger partial charge on any atom is 0.171 e. The Bertz CT molecular complexity index is 850. The van der Waals surface area contributed by atoms with Crippen LogP contribution in [0.4, 0.5) is 0 Å². The van der Waals surface area contributed by atoms with Crippen LogP contribution in [0.25, 0.3) is 0 Å². The van der Waals surface area contributed by atoms with Crippen LogP contribution >= 0.6 is 0 Å². The van der Waals surface area contributed by atoms with Crippen LogP contribution in [0, 0.1) is 47.3 Å². The number of aryl methyl sites for hydroxylation is 1. The number of hydrogen-bond acceptors (Lipinski definition) is 5. The van der Waals surface area contributed by atoms with E-state index in [4.69, 9.17) is 0 Å². The molecule has 4 fully saturated rings. The van der Waals surface area contributed by atoms with Crippen molar-refractivity contribution in [2.45, 2.75) is 104 Å². The molecule has 1 aromatic rings. The van der Waals surface area contributed by atoms with Gasteiger partial charge in [0.15, 0.2) is 11.6 Å². The number of ketones is 1. The number of tetrazole rings is 1. The van der Waals surface area contributed by atoms with Crippen LogP contribution in [0.2, 0.25) is 0 Å². The van der Waals surface area contributed by atoms with E-state index in [-0.39, 0.29) is 17.9 Å². The zero-order valence-corrected chi connectivity index (χ0v) is 19.8. The zero-order chi connectivity index (χ0) is 22.0. The lowest BCUT2D eigenvalue weighted by Gasteiger charge is -2.63. The van der Waals surface area contributed by atoms with Crippen molar-refractivity contribution in [3.63, 3.8) is 0 Å². The summed E-state index contributed by atoms with van der Waals surface area (Å²) in [5, 5.41) is 23.0. The third-order valence-electron chi connectivity index (χ3n) is 10.5. The van der Waals surface area contributed by atoms with Gasteiger partial charge in [-0.15, -0.1) is 10.2 Å². The first-order valence-corrected chi connectivity index (χ1v) is 12.7. The second kappa shape index (κ2) is 7.36. The molecule has 0 radical (unpaired) electrons. The molecule has 4 saturated carbocycles. The smallest absolute Gasteiger partial charge is 0.171 e. The number of fused-ring (bicyclic) bond motifs is 5. The molecule has 6 heteroatoms. The second-order valence-corrected chi connectivity index (χ2v) is 11.9. The van der Waals surface area contributed by atoms with Crippen LogP contribution < -0.4 is 0 Å². The van der Waals surface area contributed by atoms with Gasteiger partial charge in [0.2, 0.25) is 0 Å². The molecule has 172 valence electrons. The van der Waals surface area contributed by atoms with E-state index in [9.17, 15) is 9.90 Å². The Balaban J connectivity index is 1.36. The highest BCUT2D eigenvalue weighted by atomic mass is 16.3. The molecule has 0 saturated heterocycles. The number of Topliss-reactive ketones (excluding diaryl/α,β-unsaturated/α-hetero) is 1. The summed E-state index contributed by atoms with van der Waals surface area (Å²) >= 11 is 0. The van der Waals surface area contributed by atoms with E-state index in [0.717, 1.165) is 31.1 Å². The van der Waals surface area contributed by atoms with Crippen LogP contribution in [0.1, 0.15) is 90.8 Å². The quantitative estimate of drug-likeness (QED) is 0.771. The van der Waals surface area contributed by atoms with Gasteiger partial charge in [0.1, 0.15) is 6.54 Å². The van der Waals surface area contributed by atoms with Gasteiger partial charge in [0, 0.05) is 5.92 Å². The zero-order valence-electron chi connectivity index (χ0n) is 19.8. The molecule has 1 heterocycles. The molecule has 5 rings (SSSR count). The first-order chi connectivity index (χ1) is 14.7. The van der Waals surface area contributed by atoms with Crippen molar-refractivity contribution in [1.82, 2.24) is 20.2 Å². The van der Waals surface area contributed by atoms with Crippen molar-refractivity contribution in [2.24, 2.45) is 40.4 Å². The minimum atomic E-state index is -0.474. The van der Waals surface area contributed by atoms with E-state index in [1.54, 1.807) is 0 Å². The fourth-order valence-corrected chi connectivity index (χ4v) is 9.11. The minimum absolute atomic E-state index is 0.121. The molecule has 1 N–H and O–H groups in total. The Morgan fingerprint density at radius 3 is 2.61 bits per heavy atom. The third kappa shape index (κ3) is 3.30. The van der Waals surface area contributed by atoms with Gasteiger partial charge in [-0.25, -0.2) is 0 Å². The predicted molar refractivity (Wildman–Crippen MR) is 118 cm³/mol. The number of carbonyl (C=O) groups is 1. The molecule has 1 aromatic heterocycles. The Morgan fingerprint density at radius 2 is 1.90 bits per heavy atom. The van der Waals surface area contributed by atoms with Crippen molar-refractivity contribution >= 4 is 5.78 Å². The molecule has 0 unspecified atom stereocenters. The van der Waals surface area contributed by atoms with Gasteiger partial charge in [0.25, 0.3) is 0 Å². The van der Waals surface area contributed by atoms with Gasteiger partial charge in [-0.05, 0) is 118 Å². The van der Waals surface area contributed by atoms with Gasteiger partial charge >= 0.3 is 0 Å². The molecule has 6 nitrogen and oxygen atoms in total. The molecule has 0 amide bonds. The van der Waals surface area contributed by atoms with Crippen molar-refractivity contribution < 1.29 is 9.90 Å². The number of aromatic nitrogens is 4. The normalized spacial score (nSPS) is 46.8. The molecule has 0 aromatic carbocycles. The van der Waals surface area contributed by atoms with Gasteiger partial charge in [-0.1, -0.05) is 13.8 Å². The number of carbonyl (C=O) groups excluding carboxylic acids is 1. The Morgan fingerprint density at radius 1 is 1.10 bits per heavy atom. The van der Waals surface area contributed by atoms with Gasteiger partial charge in [-0.2, -0.15) is 4.80 Å². The summed E-state index contributed by atoms with van der Waals surface area (Å²) in [7, 11) is 0. The van der Waals surface area contributed by atoms with Gasteiger partial charge < -0.3 is 5.11 Å². The van der Waals surface area contributed by atoms with Crippen LogP contribution in [-0.4, -0.2) is 36.7 Å². The van der Waals surface area contributed by atoms with Crippen molar-refractivity contribution in [1.29, 1.82) is 0 Å². The van der Waals surface area contributed by atoms with Crippen molar-refractivity contribution in [3.05, 3.63) is 5.82 Å². The maximum absolute atomic E-state index is 13.3. The summed E-state index contributed by atoms with van der Waals surface area (Å²) in [5.74, 6) is 3.92. The van der Waals surface area contributed by atoms with Crippen LogP contribution in [-0.2, 0) is 11.3 Å². The Kier molecular flexibility index (Phi) is 5.11. The fraction of sp³-hybridized carbons (Fsp3) is 0.920. The number of hydrogen-bond donors (Lipinski definition) is 1. The summed E-state index contributed by atoms with van der Waals surface area (Å²) in [4.78, 5) is 14.8. The fourth-order valence-electron chi connectivity index (χ4n) is 9.11. The minimum Gasteiger partial charge on any atom is -0.390 e. The van der Waals surface area contributed by atoms with E-state index in [0.29, 0.717) is 28.9 Å². The van der Waals surface area contributed by atoms with E-state index >= 15 is 0 Å². The first kappa shape index (κ1) is 21.5. The number of rotatable bonds is 4. The third-order valence-corrected chi connectivity index (χ3v) is 10.5. The summed E-state index contributed by atoms with van der Waals surface area (Å²) in [6.45, 7) is 8.94. The van der Waals surface area contributed by atoms with Crippen molar-refractivity contribution in [2.75, 3.05) is 0 Å². The first-order valence-electron chi connectivity index (χ1n) is 12.7. The Hall–Kier alpha value is -1.30. The molecule has 0 bridgehead atoms. The highest BCUT2D eigenvalue weighted by molar-refractivity contribution is 5.81. The van der Waals surface area contributed by atoms with E-state index in [1.807, 2.05) is 6.92 Å². The highest BCUT2D eigenvalue weighted by Crippen LogP contribution is 2.69. The van der Waals surface area contributed by atoms with Gasteiger partial charge in [0.05, 0.1) is 5.60 Å². The average molecular weight is 429 g/mol. The van der Waals surface area contributed by atoms with E-state index in [1.165, 1.54) is 49.7 Å². The lowest BCUT2D eigenvalue weighted by Crippen LogP contribution is -2.56. The molecule has 0 aliphatic heterocycles. The Labute approximate surface area is 186 Å². The average Bonchev–Trinajstić information content (AvgIpc) is 3.29. The lowest BCUT2D eigenvalue weighted by atomic mass is 9.42. The summed E-state index contributed by atoms with van der Waals surface area (Å²) in [6, 6.07) is 0. The summed E-state index contributed by atoms with van der Waals surface area (Å²) in [6.07, 6.45) is 11.6. The molecule has 8 atom stereocenters. The topological polar surface area (TPSA) is 80.9 Å². The van der Waals surface area contributed by atoms with E-state index in [2.05, 4.69) is 36.2 Å². The van der Waals surface area contributed by atoms with Crippen LogP contribution in [0.5, 0.6) is 0 Å². The largest absolute Gasteiger partial charge is 0.390 e. The predicted octanol–water partition coefficient (Wildman–Crippen LogP) is 4.35. The molecule has 4 aliphatic carbocycles. The lowest BCUT2D eigenvalue weighted by molar-refractivity contribution is -0.158. The maximum atomic E-state index is 13.3. The number of nitrogens with zero attached hydrogens (tertiary/aromatic N) is 4. The number of aliphatic hydroxyl groups is 1. The summed E-state index contributed by atoms with van der Waals surface area (Å²) in [5.41, 5.74) is 0.0601. The van der Waals surface area contributed by atoms with Crippen LogP contribution in [0.3, 0.4) is 0 Å². The second-order valence-electron chi connectivity index (χ2n) is 11.9. The highest BCUT2D eigenvalue weighted by Gasteiger charge is 2.62. The molecule has 31 heavy (non-hydrogen) atoms. The standard InChI is InChI=1S/C25H40N4O2/c1-5-25-13-12-23(3,31)14-17(25)6-7-18-19-8-9-21(24(19,4)11-10-20(18)25)22(30)15-29-27-16(2)26-28-29/h17-21,31H,5-15H2,1-4H3/t17-,18+,19+,20+,21-,23-,24+,25+/m1/s1. The van der Waals surface area contributed by atoms with E-state index < -0.39 is 5.60 Å². The monoisotopic (exact) mass is 428 g/mol. The molecule has 4 aliphatic rings. The summed E-state index contributed by atoms with van der Waals surface area (Å²) < 4.78 is 0. The van der Waals surface area contributed by atoms with Crippen molar-refractivity contribution in [3.8, 4) is 0 Å².